The van der Waals surface area contributed by atoms with Crippen LogP contribution in [0.3, 0.4) is 0 Å². The summed E-state index contributed by atoms with van der Waals surface area (Å²) in [6.07, 6.45) is 5.27. The molecule has 2 fully saturated rings. The van der Waals surface area contributed by atoms with Crippen LogP contribution >= 0.6 is 0 Å². The van der Waals surface area contributed by atoms with E-state index in [4.69, 9.17) is 9.72 Å². The first-order valence-electron chi connectivity index (χ1n) is 10.0. The molecular formula is C20H24N8O. The van der Waals surface area contributed by atoms with E-state index in [1.807, 2.05) is 13.0 Å². The van der Waals surface area contributed by atoms with Gasteiger partial charge in [-0.15, -0.1) is 0 Å². The van der Waals surface area contributed by atoms with Crippen LogP contribution in [0, 0.1) is 6.92 Å². The molecule has 3 aromatic heterocycles. The topological polar surface area (TPSA) is 83.4 Å². The summed E-state index contributed by atoms with van der Waals surface area (Å²) in [6.45, 7) is 8.71. The highest BCUT2D eigenvalue weighted by Gasteiger charge is 2.22. The predicted molar refractivity (Wildman–Crippen MR) is 112 cm³/mol. The highest BCUT2D eigenvalue weighted by atomic mass is 16.5. The van der Waals surface area contributed by atoms with Crippen LogP contribution in [-0.2, 0) is 4.74 Å². The average molecular weight is 392 g/mol. The van der Waals surface area contributed by atoms with Crippen LogP contribution in [0.4, 0.5) is 17.5 Å². The Morgan fingerprint density at radius 3 is 2.31 bits per heavy atom. The number of piperazine rings is 1. The summed E-state index contributed by atoms with van der Waals surface area (Å²) < 4.78 is 5.45. The van der Waals surface area contributed by atoms with Crippen molar-refractivity contribution < 1.29 is 4.74 Å². The minimum atomic E-state index is 0.750. The first-order valence-corrected chi connectivity index (χ1v) is 10.0. The Bertz CT molecular complexity index is 999. The van der Waals surface area contributed by atoms with Crippen LogP contribution in [0.2, 0.25) is 0 Å². The Balaban J connectivity index is 1.32. The maximum Gasteiger partial charge on any atom is 0.140 e. The molecule has 29 heavy (non-hydrogen) atoms. The fraction of sp³-hybridized carbons (Fsp3) is 0.450. The standard InChI is InChI=1S/C20H24N8O/c1-15-24-17-13-21-3-2-16(17)20(25-15)28-6-4-26(5-7-28)18-12-19(23-14-22-18)27-8-10-29-11-9-27/h2-3,12-14H,4-11H2,1H3. The summed E-state index contributed by atoms with van der Waals surface area (Å²) in [5.74, 6) is 3.72. The van der Waals surface area contributed by atoms with Crippen molar-refractivity contribution in [3.8, 4) is 0 Å². The molecule has 150 valence electrons. The fourth-order valence-corrected chi connectivity index (χ4v) is 3.94. The van der Waals surface area contributed by atoms with Gasteiger partial charge in [0.25, 0.3) is 0 Å². The van der Waals surface area contributed by atoms with Crippen molar-refractivity contribution in [2.45, 2.75) is 6.92 Å². The van der Waals surface area contributed by atoms with Crippen LogP contribution < -0.4 is 14.7 Å². The number of ether oxygens (including phenoxy) is 1. The van der Waals surface area contributed by atoms with E-state index in [0.717, 1.165) is 86.7 Å². The smallest absolute Gasteiger partial charge is 0.140 e. The van der Waals surface area contributed by atoms with Gasteiger partial charge in [0, 0.05) is 56.9 Å². The Kier molecular flexibility index (Phi) is 4.81. The summed E-state index contributed by atoms with van der Waals surface area (Å²) in [6, 6.07) is 4.09. The maximum absolute atomic E-state index is 5.45. The third kappa shape index (κ3) is 3.65. The molecule has 0 unspecified atom stereocenters. The molecule has 5 rings (SSSR count). The molecule has 0 spiro atoms. The number of pyridine rings is 1. The van der Waals surface area contributed by atoms with Gasteiger partial charge in [-0.3, -0.25) is 4.98 Å². The molecule has 0 atom stereocenters. The van der Waals surface area contributed by atoms with E-state index in [0.29, 0.717) is 0 Å². The number of nitrogens with zero attached hydrogens (tertiary/aromatic N) is 8. The Hall–Kier alpha value is -3.07. The predicted octanol–water partition coefficient (Wildman–Crippen LogP) is 1.29. The van der Waals surface area contributed by atoms with Gasteiger partial charge in [-0.05, 0) is 13.0 Å². The summed E-state index contributed by atoms with van der Waals surface area (Å²) in [7, 11) is 0. The van der Waals surface area contributed by atoms with Gasteiger partial charge in [0.05, 0.1) is 24.9 Å². The van der Waals surface area contributed by atoms with E-state index in [9.17, 15) is 0 Å². The van der Waals surface area contributed by atoms with Gasteiger partial charge in [-0.1, -0.05) is 0 Å². The van der Waals surface area contributed by atoms with Crippen molar-refractivity contribution in [1.82, 2.24) is 24.9 Å². The van der Waals surface area contributed by atoms with E-state index < -0.39 is 0 Å². The van der Waals surface area contributed by atoms with Gasteiger partial charge in [-0.2, -0.15) is 0 Å². The van der Waals surface area contributed by atoms with Gasteiger partial charge in [0.2, 0.25) is 0 Å². The van der Waals surface area contributed by atoms with E-state index in [-0.39, 0.29) is 0 Å². The number of fused-ring (bicyclic) bond motifs is 1. The first kappa shape index (κ1) is 18.0. The van der Waals surface area contributed by atoms with Crippen molar-refractivity contribution in [2.24, 2.45) is 0 Å². The van der Waals surface area contributed by atoms with Gasteiger partial charge in [0.1, 0.15) is 29.6 Å². The third-order valence-electron chi connectivity index (χ3n) is 5.47. The maximum atomic E-state index is 5.45. The molecule has 3 aromatic rings. The minimum absolute atomic E-state index is 0.750. The molecule has 0 saturated carbocycles. The SMILES string of the molecule is Cc1nc(N2CCN(c3cc(N4CCOCC4)ncn3)CC2)c2ccncc2n1. The van der Waals surface area contributed by atoms with E-state index in [2.05, 4.69) is 40.7 Å². The van der Waals surface area contributed by atoms with Crippen molar-refractivity contribution in [2.75, 3.05) is 67.2 Å². The summed E-state index contributed by atoms with van der Waals surface area (Å²) in [5, 5.41) is 1.05. The zero-order chi connectivity index (χ0) is 19.6. The van der Waals surface area contributed by atoms with Crippen molar-refractivity contribution in [3.05, 3.63) is 36.7 Å². The zero-order valence-corrected chi connectivity index (χ0v) is 16.5. The van der Waals surface area contributed by atoms with Crippen LogP contribution in [-0.4, -0.2) is 77.4 Å². The van der Waals surface area contributed by atoms with Crippen LogP contribution in [0.1, 0.15) is 5.82 Å². The monoisotopic (exact) mass is 392 g/mol. The van der Waals surface area contributed by atoms with Gasteiger partial charge in [0.15, 0.2) is 0 Å². The molecule has 0 N–H and O–H groups in total. The summed E-state index contributed by atoms with van der Waals surface area (Å²) in [4.78, 5) is 29.3. The van der Waals surface area contributed by atoms with Crippen molar-refractivity contribution in [1.29, 1.82) is 0 Å². The lowest BCUT2D eigenvalue weighted by atomic mass is 10.2. The summed E-state index contributed by atoms with van der Waals surface area (Å²) in [5.41, 5.74) is 0.892. The Morgan fingerprint density at radius 1 is 0.862 bits per heavy atom. The number of aryl methyl sites for hydroxylation is 1. The second-order valence-electron chi connectivity index (χ2n) is 7.30. The number of morpholine rings is 1. The number of hydrogen-bond donors (Lipinski definition) is 0. The molecule has 2 saturated heterocycles. The molecule has 2 aliphatic heterocycles. The lowest BCUT2D eigenvalue weighted by Crippen LogP contribution is -2.47. The number of rotatable bonds is 3. The number of anilines is 3. The zero-order valence-electron chi connectivity index (χ0n) is 16.5. The molecule has 0 aromatic carbocycles. The first-order chi connectivity index (χ1) is 14.3. The normalized spacial score (nSPS) is 17.8. The molecule has 0 aliphatic carbocycles. The minimum Gasteiger partial charge on any atom is -0.378 e. The molecular weight excluding hydrogens is 368 g/mol. The third-order valence-corrected chi connectivity index (χ3v) is 5.47. The Labute approximate surface area is 169 Å². The Morgan fingerprint density at radius 2 is 1.55 bits per heavy atom. The molecule has 0 radical (unpaired) electrons. The second kappa shape index (κ2) is 7.75. The second-order valence-corrected chi connectivity index (χ2v) is 7.30. The number of hydrogen-bond acceptors (Lipinski definition) is 9. The molecule has 9 nitrogen and oxygen atoms in total. The largest absolute Gasteiger partial charge is 0.378 e. The van der Waals surface area contributed by atoms with Gasteiger partial charge in [-0.25, -0.2) is 19.9 Å². The lowest BCUT2D eigenvalue weighted by molar-refractivity contribution is 0.122. The highest BCUT2D eigenvalue weighted by Crippen LogP contribution is 2.26. The van der Waals surface area contributed by atoms with Crippen LogP contribution in [0.15, 0.2) is 30.9 Å². The van der Waals surface area contributed by atoms with E-state index in [1.165, 1.54) is 0 Å². The fourth-order valence-electron chi connectivity index (χ4n) is 3.94. The molecule has 0 amide bonds. The number of aromatic nitrogens is 5. The van der Waals surface area contributed by atoms with Gasteiger partial charge < -0.3 is 19.4 Å². The molecule has 0 bridgehead atoms. The van der Waals surface area contributed by atoms with Crippen LogP contribution in [0.25, 0.3) is 10.9 Å². The van der Waals surface area contributed by atoms with Gasteiger partial charge >= 0.3 is 0 Å². The van der Waals surface area contributed by atoms with Crippen molar-refractivity contribution >= 4 is 28.4 Å². The quantitative estimate of drug-likeness (QED) is 0.654. The molecule has 5 heterocycles. The average Bonchev–Trinajstić information content (AvgIpc) is 2.79. The van der Waals surface area contributed by atoms with Crippen molar-refractivity contribution in [3.63, 3.8) is 0 Å². The lowest BCUT2D eigenvalue weighted by Gasteiger charge is -2.37. The van der Waals surface area contributed by atoms with E-state index in [1.54, 1.807) is 18.7 Å². The molecule has 2 aliphatic rings. The summed E-state index contributed by atoms with van der Waals surface area (Å²) >= 11 is 0. The highest BCUT2D eigenvalue weighted by molar-refractivity contribution is 5.88. The molecule has 9 heteroatoms. The van der Waals surface area contributed by atoms with Crippen LogP contribution in [0.5, 0.6) is 0 Å². The van der Waals surface area contributed by atoms with E-state index >= 15 is 0 Å².